The van der Waals surface area contributed by atoms with Crippen LogP contribution in [0.4, 0.5) is 0 Å². The maximum Gasteiger partial charge on any atom is 0.302 e. The first-order valence-electron chi connectivity index (χ1n) is 18.8. The summed E-state index contributed by atoms with van der Waals surface area (Å²) in [7, 11) is 0. The zero-order valence-electron chi connectivity index (χ0n) is 30.3. The number of rotatable bonds is 5. The largest absolute Gasteiger partial charge is 0.460 e. The predicted molar refractivity (Wildman–Crippen MR) is 177 cm³/mol. The van der Waals surface area contributed by atoms with Crippen molar-refractivity contribution in [2.75, 3.05) is 19.8 Å². The molecule has 2 saturated heterocycles. The number of ketones is 1. The van der Waals surface area contributed by atoms with Gasteiger partial charge in [-0.15, -0.1) is 0 Å². The van der Waals surface area contributed by atoms with Gasteiger partial charge in [0.15, 0.2) is 18.4 Å². The van der Waals surface area contributed by atoms with Crippen LogP contribution in [0.5, 0.6) is 0 Å². The van der Waals surface area contributed by atoms with E-state index in [9.17, 15) is 40.2 Å². The highest BCUT2D eigenvalue weighted by Crippen LogP contribution is 2.76. The first-order valence-corrected chi connectivity index (χ1v) is 18.8. The molecule has 2 aliphatic heterocycles. The molecule has 0 bridgehead atoms. The van der Waals surface area contributed by atoms with E-state index in [1.54, 1.807) is 0 Å². The fourth-order valence-corrected chi connectivity index (χ4v) is 13.3. The molecule has 6 N–H and O–H groups in total. The lowest BCUT2D eigenvalue weighted by Gasteiger charge is -2.71. The summed E-state index contributed by atoms with van der Waals surface area (Å²) >= 11 is 0. The van der Waals surface area contributed by atoms with Gasteiger partial charge < -0.3 is 49.6 Å². The Kier molecular flexibility index (Phi) is 9.05. The van der Waals surface area contributed by atoms with Gasteiger partial charge in [-0.1, -0.05) is 40.2 Å². The summed E-state index contributed by atoms with van der Waals surface area (Å²) in [4.78, 5) is 26.7. The summed E-state index contributed by atoms with van der Waals surface area (Å²) in [5.41, 5.74) is -0.796. The quantitative estimate of drug-likeness (QED) is 0.180. The number of ether oxygens (including phenoxy) is 4. The third kappa shape index (κ3) is 4.75. The number of fused-ring (bicyclic) bond motifs is 5. The van der Waals surface area contributed by atoms with Crippen molar-refractivity contribution in [2.24, 2.45) is 50.7 Å². The molecule has 4 saturated carbocycles. The van der Waals surface area contributed by atoms with E-state index in [2.05, 4.69) is 20.8 Å². The van der Waals surface area contributed by atoms with Gasteiger partial charge in [-0.3, -0.25) is 9.59 Å². The van der Waals surface area contributed by atoms with Crippen molar-refractivity contribution in [3.63, 3.8) is 0 Å². The fourth-order valence-electron chi connectivity index (χ4n) is 13.3. The first kappa shape index (κ1) is 36.9. The Morgan fingerprint density at radius 3 is 2.34 bits per heavy atom. The number of esters is 1. The lowest BCUT2D eigenvalue weighted by atomic mass is 9.34. The topological polar surface area (TPSA) is 192 Å². The number of carbonyl (C=O) groups excluding carboxylic acids is 2. The van der Waals surface area contributed by atoms with Crippen molar-refractivity contribution in [1.82, 2.24) is 0 Å². The number of carbonyl (C=O) groups is 2. The molecule has 0 radical (unpaired) electrons. The molecule has 6 fully saturated rings. The van der Waals surface area contributed by atoms with Crippen LogP contribution in [0.15, 0.2) is 11.1 Å². The molecule has 2 heterocycles. The number of Topliss-reactive ketones (excluding diaryl/α,β-unsaturated/α-hetero) is 1. The van der Waals surface area contributed by atoms with E-state index in [4.69, 9.17) is 18.9 Å². The van der Waals surface area contributed by atoms with Gasteiger partial charge >= 0.3 is 5.97 Å². The van der Waals surface area contributed by atoms with E-state index in [0.717, 1.165) is 36.8 Å². The van der Waals surface area contributed by atoms with Crippen LogP contribution in [0.2, 0.25) is 0 Å². The van der Waals surface area contributed by atoms with Crippen LogP contribution in [-0.2, 0) is 28.5 Å². The van der Waals surface area contributed by atoms with Crippen molar-refractivity contribution in [1.29, 1.82) is 0 Å². The molecule has 1 spiro atoms. The second-order valence-corrected chi connectivity index (χ2v) is 18.0. The zero-order valence-corrected chi connectivity index (χ0v) is 30.3. The Hall–Kier alpha value is -1.48. The van der Waals surface area contributed by atoms with Crippen LogP contribution < -0.4 is 0 Å². The Morgan fingerprint density at radius 1 is 0.960 bits per heavy atom. The number of hydrogen-bond acceptors (Lipinski definition) is 12. The first-order chi connectivity index (χ1) is 23.4. The molecule has 12 nitrogen and oxygen atoms in total. The second-order valence-electron chi connectivity index (χ2n) is 18.0. The van der Waals surface area contributed by atoms with Gasteiger partial charge in [0.2, 0.25) is 0 Å². The molecular weight excluding hydrogens is 648 g/mol. The highest BCUT2D eigenvalue weighted by atomic mass is 16.7. The van der Waals surface area contributed by atoms with Crippen LogP contribution in [0.3, 0.4) is 0 Å². The van der Waals surface area contributed by atoms with Gasteiger partial charge in [-0.05, 0) is 84.9 Å². The van der Waals surface area contributed by atoms with Gasteiger partial charge in [-0.25, -0.2) is 0 Å². The maximum absolute atomic E-state index is 14.0. The Labute approximate surface area is 294 Å². The minimum atomic E-state index is -1.62. The maximum atomic E-state index is 14.0. The van der Waals surface area contributed by atoms with E-state index in [0.29, 0.717) is 32.3 Å². The van der Waals surface area contributed by atoms with Gasteiger partial charge in [0.25, 0.3) is 0 Å². The standard InChI is InChI=1S/C38H58O12/c1-18-16-47-33(46)38-12-11-35(5)20(27(38)22(42)13-21(18)38)7-8-26-36(35,6)10-9-25-34(3,4)31(23(48-19(2)41)14-37(25,26)17-40)50-32-30(45)29(44)28(43)24(15-39)49-32/h18,21,23-26,28-33,39-40,43-46H,7-17H2,1-6H3/t18-,21-,23-,24-,25+,26+,28-,29+,30-,31+,32+,33+,35-,36-,37-,38+/m1/s1. The van der Waals surface area contributed by atoms with Crippen LogP contribution >= 0.6 is 0 Å². The lowest BCUT2D eigenvalue weighted by molar-refractivity contribution is -0.344. The van der Waals surface area contributed by atoms with Gasteiger partial charge in [-0.2, -0.15) is 0 Å². The summed E-state index contributed by atoms with van der Waals surface area (Å²) in [6.45, 7) is 11.8. The van der Waals surface area contributed by atoms with E-state index in [1.165, 1.54) is 6.92 Å². The molecular formula is C38H58O12. The Balaban J connectivity index is 1.27. The molecule has 16 atom stereocenters. The number of aliphatic hydroxyl groups is 6. The molecule has 7 aliphatic rings. The van der Waals surface area contributed by atoms with Gasteiger partial charge in [0.1, 0.15) is 36.6 Å². The summed E-state index contributed by atoms with van der Waals surface area (Å²) in [5.74, 6) is -0.242. The van der Waals surface area contributed by atoms with Crippen molar-refractivity contribution in [3.05, 3.63) is 11.1 Å². The highest BCUT2D eigenvalue weighted by Gasteiger charge is 2.73. The van der Waals surface area contributed by atoms with Crippen molar-refractivity contribution >= 4 is 11.8 Å². The molecule has 50 heavy (non-hydrogen) atoms. The molecule has 12 heteroatoms. The smallest absolute Gasteiger partial charge is 0.302 e. The Morgan fingerprint density at radius 2 is 1.68 bits per heavy atom. The Bertz CT molecular complexity index is 1410. The number of aliphatic hydroxyl groups excluding tert-OH is 6. The number of hydrogen-bond donors (Lipinski definition) is 6. The van der Waals surface area contributed by atoms with Crippen molar-refractivity contribution < 1.29 is 59.2 Å². The lowest BCUT2D eigenvalue weighted by Crippen LogP contribution is -2.70. The summed E-state index contributed by atoms with van der Waals surface area (Å²) in [6.07, 6.45) is -4.84. The van der Waals surface area contributed by atoms with Gasteiger partial charge in [0.05, 0.1) is 18.6 Å². The molecule has 0 aromatic carbocycles. The normalized spacial score (nSPS) is 52.7. The highest BCUT2D eigenvalue weighted by molar-refractivity contribution is 6.01. The second kappa shape index (κ2) is 12.3. The third-order valence-electron chi connectivity index (χ3n) is 15.8. The fraction of sp³-hybridized carbons (Fsp3) is 0.895. The minimum Gasteiger partial charge on any atom is -0.460 e. The average Bonchev–Trinajstić information content (AvgIpc) is 3.38. The zero-order chi connectivity index (χ0) is 36.3. The number of allylic oxidation sites excluding steroid dienone is 1. The van der Waals surface area contributed by atoms with Gasteiger partial charge in [0, 0.05) is 30.9 Å². The molecule has 282 valence electrons. The van der Waals surface area contributed by atoms with Crippen LogP contribution in [-0.4, -0.2) is 111 Å². The monoisotopic (exact) mass is 706 g/mol. The van der Waals surface area contributed by atoms with E-state index in [1.807, 2.05) is 13.8 Å². The van der Waals surface area contributed by atoms with E-state index >= 15 is 0 Å². The molecule has 0 unspecified atom stereocenters. The van der Waals surface area contributed by atoms with E-state index in [-0.39, 0.29) is 46.9 Å². The molecule has 0 aromatic heterocycles. The summed E-state index contributed by atoms with van der Waals surface area (Å²) in [6, 6.07) is 0. The van der Waals surface area contributed by atoms with Crippen LogP contribution in [0.1, 0.15) is 92.9 Å². The molecule has 7 rings (SSSR count). The molecule has 0 aromatic rings. The average molecular weight is 707 g/mol. The third-order valence-corrected chi connectivity index (χ3v) is 15.8. The summed E-state index contributed by atoms with van der Waals surface area (Å²) < 4.78 is 24.2. The van der Waals surface area contributed by atoms with Crippen LogP contribution in [0, 0.1) is 50.7 Å². The van der Waals surface area contributed by atoms with Crippen LogP contribution in [0.25, 0.3) is 0 Å². The molecule has 0 amide bonds. The molecule has 5 aliphatic carbocycles. The van der Waals surface area contributed by atoms with Crippen molar-refractivity contribution in [3.8, 4) is 0 Å². The van der Waals surface area contributed by atoms with Crippen molar-refractivity contribution in [2.45, 2.75) is 142 Å². The summed E-state index contributed by atoms with van der Waals surface area (Å²) in [5, 5.41) is 64.6. The minimum absolute atomic E-state index is 0.00597. The van der Waals surface area contributed by atoms with E-state index < -0.39 is 78.0 Å². The predicted octanol–water partition coefficient (Wildman–Crippen LogP) is 1.99. The SMILES string of the molecule is CC(=O)O[C@@H]1C[C@]2(CO)[C@H]3CCC4=C5C(=O)C[C@@H]6[C@H](C)CO[C@H](O)[C@]56CC[C@@]4(C)[C@]3(C)CC[C@H]2C(C)(C)[C@H]1O[C@@H]1O[C@H](CO)[C@@H](O)[C@H](O)[C@H]1O.